The van der Waals surface area contributed by atoms with E-state index in [-0.39, 0.29) is 24.1 Å². The number of ether oxygens (including phenoxy) is 2. The average molecular weight is 468 g/mol. The largest absolute Gasteiger partial charge is 0.481 e. The van der Waals surface area contributed by atoms with Crippen LogP contribution in [-0.2, 0) is 14.3 Å². The second-order valence-corrected chi connectivity index (χ2v) is 7.07. The summed E-state index contributed by atoms with van der Waals surface area (Å²) in [4.78, 5) is 23.6. The lowest BCUT2D eigenvalue weighted by atomic mass is 10.1. The summed E-state index contributed by atoms with van der Waals surface area (Å²) in [6, 6.07) is 7.37. The predicted molar refractivity (Wildman–Crippen MR) is 105 cm³/mol. The van der Waals surface area contributed by atoms with Crippen molar-refractivity contribution in [2.24, 2.45) is 0 Å². The molecule has 0 bridgehead atoms. The summed E-state index contributed by atoms with van der Waals surface area (Å²) in [6.07, 6.45) is 5.72. The number of hydrogen-bond donors (Lipinski definition) is 1. The molecule has 0 aromatic heterocycles. The van der Waals surface area contributed by atoms with E-state index in [0.717, 1.165) is 34.8 Å². The van der Waals surface area contributed by atoms with Gasteiger partial charge in [0.2, 0.25) is 0 Å². The van der Waals surface area contributed by atoms with E-state index in [1.54, 1.807) is 31.2 Å². The fraction of sp³-hybridized carbons (Fsp3) is 0.421. The maximum Gasteiger partial charge on any atom is 0.344 e. The molecule has 1 aliphatic carbocycles. The number of nitrogens with zero attached hydrogens (tertiary/aromatic N) is 1. The lowest BCUT2D eigenvalue weighted by molar-refractivity contribution is -0.145. The van der Waals surface area contributed by atoms with Crippen LogP contribution in [0.2, 0.25) is 0 Å². The molecule has 0 heterocycles. The maximum absolute atomic E-state index is 12.2. The van der Waals surface area contributed by atoms with Crippen LogP contribution in [0, 0.1) is 14.9 Å². The van der Waals surface area contributed by atoms with E-state index in [2.05, 4.69) is 27.9 Å². The Morgan fingerprint density at radius 1 is 1.38 bits per heavy atom. The molecule has 0 radical (unpaired) electrons. The van der Waals surface area contributed by atoms with E-state index >= 15 is 0 Å². The molecule has 6 nitrogen and oxygen atoms in total. The quantitative estimate of drug-likeness (QED) is 0.288. The van der Waals surface area contributed by atoms with Crippen molar-refractivity contribution in [1.29, 1.82) is 5.26 Å². The van der Waals surface area contributed by atoms with Gasteiger partial charge in [0.25, 0.3) is 5.91 Å². The van der Waals surface area contributed by atoms with Gasteiger partial charge in [-0.1, -0.05) is 18.9 Å². The molecule has 1 aliphatic rings. The van der Waals surface area contributed by atoms with E-state index in [1.165, 1.54) is 0 Å². The first-order chi connectivity index (χ1) is 12.5. The summed E-state index contributed by atoms with van der Waals surface area (Å²) in [7, 11) is 0. The highest BCUT2D eigenvalue weighted by atomic mass is 127. The molecular formula is C19H21IN2O4. The van der Waals surface area contributed by atoms with Gasteiger partial charge in [-0.15, -0.1) is 0 Å². The number of hydrogen-bond acceptors (Lipinski definition) is 5. The molecule has 0 saturated heterocycles. The van der Waals surface area contributed by atoms with Gasteiger partial charge in [0.15, 0.2) is 6.61 Å². The SMILES string of the molecule is CCOC(=O)COc1ccc(/C=C(/C#N)C(=O)NC2CCCC2)cc1I. The van der Waals surface area contributed by atoms with E-state index < -0.39 is 5.97 Å². The van der Waals surface area contributed by atoms with Crippen LogP contribution in [0.4, 0.5) is 0 Å². The summed E-state index contributed by atoms with van der Waals surface area (Å²) < 4.78 is 11.0. The zero-order chi connectivity index (χ0) is 18.9. The third kappa shape index (κ3) is 6.02. The maximum atomic E-state index is 12.2. The molecule has 1 fully saturated rings. The lowest BCUT2D eigenvalue weighted by Gasteiger charge is -2.11. The third-order valence-electron chi connectivity index (χ3n) is 3.97. The average Bonchev–Trinajstić information content (AvgIpc) is 3.12. The Morgan fingerprint density at radius 2 is 2.12 bits per heavy atom. The molecule has 1 N–H and O–H groups in total. The molecular weight excluding hydrogens is 447 g/mol. The lowest BCUT2D eigenvalue weighted by Crippen LogP contribution is -2.33. The molecule has 1 amide bonds. The molecule has 0 unspecified atom stereocenters. The Morgan fingerprint density at radius 3 is 2.73 bits per heavy atom. The van der Waals surface area contributed by atoms with Gasteiger partial charge in [0.1, 0.15) is 17.4 Å². The van der Waals surface area contributed by atoms with Gasteiger partial charge in [-0.2, -0.15) is 5.26 Å². The van der Waals surface area contributed by atoms with E-state index in [4.69, 9.17) is 9.47 Å². The molecule has 7 heteroatoms. The van der Waals surface area contributed by atoms with Gasteiger partial charge in [0, 0.05) is 6.04 Å². The Balaban J connectivity index is 2.03. The summed E-state index contributed by atoms with van der Waals surface area (Å²) in [6.45, 7) is 1.88. The number of carbonyl (C=O) groups is 2. The Hall–Kier alpha value is -2.08. The zero-order valence-electron chi connectivity index (χ0n) is 14.6. The van der Waals surface area contributed by atoms with Crippen LogP contribution in [0.25, 0.3) is 6.08 Å². The molecule has 0 aliphatic heterocycles. The Bertz CT molecular complexity index is 734. The molecule has 1 saturated carbocycles. The van der Waals surface area contributed by atoms with E-state index in [9.17, 15) is 14.9 Å². The number of benzene rings is 1. The van der Waals surface area contributed by atoms with Crippen molar-refractivity contribution >= 4 is 40.5 Å². The summed E-state index contributed by atoms with van der Waals surface area (Å²) >= 11 is 2.08. The van der Waals surface area contributed by atoms with Crippen molar-refractivity contribution in [3.05, 3.63) is 32.9 Å². The minimum atomic E-state index is -0.428. The number of halogens is 1. The fourth-order valence-electron chi connectivity index (χ4n) is 2.71. The number of esters is 1. The van der Waals surface area contributed by atoms with Gasteiger partial charge in [0.05, 0.1) is 10.2 Å². The van der Waals surface area contributed by atoms with Gasteiger partial charge in [-0.25, -0.2) is 4.79 Å². The number of carbonyl (C=O) groups excluding carboxylic acids is 2. The van der Waals surface area contributed by atoms with Crippen molar-refractivity contribution < 1.29 is 19.1 Å². The van der Waals surface area contributed by atoms with Crippen molar-refractivity contribution in [1.82, 2.24) is 5.32 Å². The third-order valence-corrected chi connectivity index (χ3v) is 4.82. The van der Waals surface area contributed by atoms with Gasteiger partial charge < -0.3 is 14.8 Å². The Labute approximate surface area is 166 Å². The minimum Gasteiger partial charge on any atom is -0.481 e. The summed E-state index contributed by atoms with van der Waals surface area (Å²) in [5.74, 6) is -0.218. The summed E-state index contributed by atoms with van der Waals surface area (Å²) in [5, 5.41) is 12.2. The zero-order valence-corrected chi connectivity index (χ0v) is 16.7. The fourth-order valence-corrected chi connectivity index (χ4v) is 3.41. The van der Waals surface area contributed by atoms with Crippen LogP contribution < -0.4 is 10.1 Å². The minimum absolute atomic E-state index is 0.0768. The smallest absolute Gasteiger partial charge is 0.344 e. The van der Waals surface area contributed by atoms with Gasteiger partial charge >= 0.3 is 5.97 Å². The predicted octanol–water partition coefficient (Wildman–Crippen LogP) is 3.20. The van der Waals surface area contributed by atoms with Gasteiger partial charge in [-0.3, -0.25) is 4.79 Å². The number of amides is 1. The van der Waals surface area contributed by atoms with Crippen LogP contribution in [0.15, 0.2) is 23.8 Å². The summed E-state index contributed by atoms with van der Waals surface area (Å²) in [5.41, 5.74) is 0.795. The van der Waals surface area contributed by atoms with Crippen molar-refractivity contribution in [3.8, 4) is 11.8 Å². The first-order valence-electron chi connectivity index (χ1n) is 8.54. The highest BCUT2D eigenvalue weighted by Crippen LogP contribution is 2.24. The van der Waals surface area contributed by atoms with Crippen LogP contribution in [0.1, 0.15) is 38.2 Å². The van der Waals surface area contributed by atoms with Crippen molar-refractivity contribution in [2.45, 2.75) is 38.6 Å². The second-order valence-electron chi connectivity index (χ2n) is 5.91. The first-order valence-corrected chi connectivity index (χ1v) is 9.62. The highest BCUT2D eigenvalue weighted by Gasteiger charge is 2.19. The Kier molecular flexibility index (Phi) is 7.91. The van der Waals surface area contributed by atoms with Crippen LogP contribution in [-0.4, -0.2) is 31.1 Å². The van der Waals surface area contributed by atoms with Crippen LogP contribution in [0.5, 0.6) is 5.75 Å². The highest BCUT2D eigenvalue weighted by molar-refractivity contribution is 14.1. The molecule has 2 rings (SSSR count). The molecule has 0 atom stereocenters. The molecule has 138 valence electrons. The molecule has 1 aromatic rings. The normalized spacial score (nSPS) is 14.6. The number of rotatable bonds is 7. The standard InChI is InChI=1S/C19H21IN2O4/c1-2-25-18(23)12-26-17-8-7-13(10-16(17)20)9-14(11-21)19(24)22-15-5-3-4-6-15/h7-10,15H,2-6,12H2,1H3,(H,22,24)/b14-9-. The van der Waals surface area contributed by atoms with Crippen molar-refractivity contribution in [2.75, 3.05) is 13.2 Å². The number of nitriles is 1. The van der Waals surface area contributed by atoms with Crippen LogP contribution in [0.3, 0.4) is 0 Å². The number of nitrogens with one attached hydrogen (secondary N) is 1. The van der Waals surface area contributed by atoms with Crippen molar-refractivity contribution in [3.63, 3.8) is 0 Å². The first kappa shape index (κ1) is 20.2. The second kappa shape index (κ2) is 10.2. The molecule has 0 spiro atoms. The van der Waals surface area contributed by atoms with Crippen LogP contribution >= 0.6 is 22.6 Å². The molecule has 26 heavy (non-hydrogen) atoms. The van der Waals surface area contributed by atoms with E-state index in [1.807, 2.05) is 6.07 Å². The monoisotopic (exact) mass is 468 g/mol. The molecule has 1 aromatic carbocycles. The van der Waals surface area contributed by atoms with E-state index in [0.29, 0.717) is 12.4 Å². The topological polar surface area (TPSA) is 88.4 Å². The van der Waals surface area contributed by atoms with Gasteiger partial charge in [-0.05, 0) is 66.1 Å².